The van der Waals surface area contributed by atoms with Crippen LogP contribution in [0.5, 0.6) is 0 Å². The Hall–Kier alpha value is -3.74. The second kappa shape index (κ2) is 7.50. The molecule has 5 rings (SSSR count). The molecular formula is C24H21FN4O2. The normalized spacial score (nSPS) is 17.6. The molecule has 1 amide bonds. The van der Waals surface area contributed by atoms with E-state index in [0.29, 0.717) is 35.5 Å². The van der Waals surface area contributed by atoms with Crippen LogP contribution < -0.4 is 10.6 Å². The molecule has 7 heteroatoms. The van der Waals surface area contributed by atoms with Crippen molar-refractivity contribution in [2.24, 2.45) is 0 Å². The van der Waals surface area contributed by atoms with E-state index < -0.39 is 6.04 Å². The first-order valence-electron chi connectivity index (χ1n) is 10.3. The van der Waals surface area contributed by atoms with E-state index in [1.807, 2.05) is 31.2 Å². The quantitative estimate of drug-likeness (QED) is 0.654. The van der Waals surface area contributed by atoms with Crippen LogP contribution in [0.15, 0.2) is 66.0 Å². The second-order valence-corrected chi connectivity index (χ2v) is 7.92. The summed E-state index contributed by atoms with van der Waals surface area (Å²) in [7, 11) is 0. The molecule has 2 aromatic carbocycles. The number of benzene rings is 2. The van der Waals surface area contributed by atoms with Gasteiger partial charge in [-0.05, 0) is 49.6 Å². The molecule has 2 N–H and O–H groups in total. The standard InChI is InChI=1S/C24H21FN4O2/c1-14-5-11-17(12-6-14)27-24(31)18-13-26-29-22(15-7-9-16(25)10-8-15)21-19(28-23(18)29)3-2-4-20(21)30/h5-13,22,28H,2-4H2,1H3,(H,27,31)/t22-/m0/s1. The number of fused-ring (bicyclic) bond motifs is 1. The Morgan fingerprint density at radius 1 is 1.13 bits per heavy atom. The van der Waals surface area contributed by atoms with E-state index in [0.717, 1.165) is 23.2 Å². The minimum Gasteiger partial charge on any atom is -0.343 e. The molecule has 1 aliphatic heterocycles. The Labute approximate surface area is 178 Å². The molecule has 1 atom stereocenters. The number of aryl methyl sites for hydroxylation is 1. The largest absolute Gasteiger partial charge is 0.343 e. The van der Waals surface area contributed by atoms with E-state index in [2.05, 4.69) is 15.7 Å². The highest BCUT2D eigenvalue weighted by Gasteiger charge is 2.37. The first-order chi connectivity index (χ1) is 15.0. The van der Waals surface area contributed by atoms with Gasteiger partial charge in [-0.25, -0.2) is 9.07 Å². The first-order valence-corrected chi connectivity index (χ1v) is 10.3. The van der Waals surface area contributed by atoms with Crippen LogP contribution in [-0.2, 0) is 4.79 Å². The predicted molar refractivity (Wildman–Crippen MR) is 115 cm³/mol. The van der Waals surface area contributed by atoms with Crippen LogP contribution in [0.25, 0.3) is 0 Å². The highest BCUT2D eigenvalue weighted by Crippen LogP contribution is 2.41. The van der Waals surface area contributed by atoms with Crippen molar-refractivity contribution in [1.29, 1.82) is 0 Å². The van der Waals surface area contributed by atoms with Crippen molar-refractivity contribution in [2.45, 2.75) is 32.2 Å². The molecule has 2 heterocycles. The van der Waals surface area contributed by atoms with Crippen molar-refractivity contribution in [1.82, 2.24) is 9.78 Å². The maximum absolute atomic E-state index is 13.5. The molecule has 0 saturated heterocycles. The third kappa shape index (κ3) is 3.42. The van der Waals surface area contributed by atoms with Gasteiger partial charge in [-0.3, -0.25) is 9.59 Å². The fourth-order valence-electron chi connectivity index (χ4n) is 4.21. The number of rotatable bonds is 3. The molecule has 0 spiro atoms. The Bertz CT molecular complexity index is 1210. The van der Waals surface area contributed by atoms with Crippen LogP contribution in [0.1, 0.15) is 46.8 Å². The van der Waals surface area contributed by atoms with Crippen molar-refractivity contribution < 1.29 is 14.0 Å². The van der Waals surface area contributed by atoms with Gasteiger partial charge in [0.2, 0.25) is 0 Å². The maximum Gasteiger partial charge on any atom is 0.261 e. The van der Waals surface area contributed by atoms with Gasteiger partial charge in [0.15, 0.2) is 5.78 Å². The zero-order valence-electron chi connectivity index (χ0n) is 17.0. The number of hydrogen-bond donors (Lipinski definition) is 2. The summed E-state index contributed by atoms with van der Waals surface area (Å²) in [5.74, 6) is -0.0513. The number of halogens is 1. The zero-order chi connectivity index (χ0) is 21.5. The third-order valence-corrected chi connectivity index (χ3v) is 5.78. The number of aromatic nitrogens is 2. The molecule has 31 heavy (non-hydrogen) atoms. The van der Waals surface area contributed by atoms with Crippen LogP contribution in [0.2, 0.25) is 0 Å². The van der Waals surface area contributed by atoms with Crippen LogP contribution in [-0.4, -0.2) is 21.5 Å². The number of nitrogens with zero attached hydrogens (tertiary/aromatic N) is 2. The predicted octanol–water partition coefficient (Wildman–Crippen LogP) is 4.60. The highest BCUT2D eigenvalue weighted by molar-refractivity contribution is 6.08. The monoisotopic (exact) mass is 416 g/mol. The summed E-state index contributed by atoms with van der Waals surface area (Å²) >= 11 is 0. The van der Waals surface area contributed by atoms with Crippen LogP contribution in [0.4, 0.5) is 15.9 Å². The van der Waals surface area contributed by atoms with E-state index >= 15 is 0 Å². The molecular weight excluding hydrogens is 395 g/mol. The number of ketones is 1. The smallest absolute Gasteiger partial charge is 0.261 e. The third-order valence-electron chi connectivity index (χ3n) is 5.78. The number of hydrogen-bond acceptors (Lipinski definition) is 4. The molecule has 0 radical (unpaired) electrons. The Morgan fingerprint density at radius 2 is 1.87 bits per heavy atom. The molecule has 6 nitrogen and oxygen atoms in total. The van der Waals surface area contributed by atoms with Crippen LogP contribution in [0, 0.1) is 12.7 Å². The van der Waals surface area contributed by atoms with Crippen molar-refractivity contribution in [3.63, 3.8) is 0 Å². The number of anilines is 2. The SMILES string of the molecule is Cc1ccc(NC(=O)c2cnn3c2NC2=C(C(=O)CCC2)[C@@H]3c2ccc(F)cc2)cc1. The molecule has 0 bridgehead atoms. The average molecular weight is 416 g/mol. The van der Waals surface area contributed by atoms with Crippen molar-refractivity contribution >= 4 is 23.2 Å². The lowest BCUT2D eigenvalue weighted by molar-refractivity contribution is -0.116. The van der Waals surface area contributed by atoms with Gasteiger partial charge in [0.25, 0.3) is 5.91 Å². The van der Waals surface area contributed by atoms with Gasteiger partial charge in [-0.2, -0.15) is 5.10 Å². The molecule has 0 saturated carbocycles. The van der Waals surface area contributed by atoms with Gasteiger partial charge in [0.1, 0.15) is 23.2 Å². The van der Waals surface area contributed by atoms with Crippen molar-refractivity contribution in [3.05, 3.63) is 88.5 Å². The fourth-order valence-corrected chi connectivity index (χ4v) is 4.21. The zero-order valence-corrected chi connectivity index (χ0v) is 17.0. The van der Waals surface area contributed by atoms with Crippen LogP contribution >= 0.6 is 0 Å². The lowest BCUT2D eigenvalue weighted by atomic mass is 9.85. The molecule has 156 valence electrons. The van der Waals surface area contributed by atoms with E-state index in [9.17, 15) is 14.0 Å². The summed E-state index contributed by atoms with van der Waals surface area (Å²) in [6, 6.07) is 13.1. The van der Waals surface area contributed by atoms with Crippen molar-refractivity contribution in [3.8, 4) is 0 Å². The molecule has 3 aromatic rings. The number of carbonyl (C=O) groups excluding carboxylic acids is 2. The molecule has 1 aliphatic carbocycles. The summed E-state index contributed by atoms with van der Waals surface area (Å²) in [5.41, 5.74) is 4.38. The topological polar surface area (TPSA) is 76.0 Å². The fraction of sp³-hybridized carbons (Fsp3) is 0.208. The van der Waals surface area contributed by atoms with Gasteiger partial charge < -0.3 is 10.6 Å². The Morgan fingerprint density at radius 3 is 2.61 bits per heavy atom. The molecule has 2 aliphatic rings. The van der Waals surface area contributed by atoms with E-state index in [4.69, 9.17) is 0 Å². The first kappa shape index (κ1) is 19.2. The highest BCUT2D eigenvalue weighted by atomic mass is 19.1. The van der Waals surface area contributed by atoms with Gasteiger partial charge in [-0.1, -0.05) is 29.8 Å². The van der Waals surface area contributed by atoms with Crippen molar-refractivity contribution in [2.75, 3.05) is 10.6 Å². The number of Topliss-reactive ketones (excluding diaryl/α,β-unsaturated/α-hetero) is 1. The summed E-state index contributed by atoms with van der Waals surface area (Å²) in [6.07, 6.45) is 3.43. The summed E-state index contributed by atoms with van der Waals surface area (Å²) in [6.45, 7) is 1.98. The lowest BCUT2D eigenvalue weighted by Crippen LogP contribution is -2.32. The number of amides is 1. The minimum absolute atomic E-state index is 0.0508. The summed E-state index contributed by atoms with van der Waals surface area (Å²) in [5, 5.41) is 10.6. The Balaban J connectivity index is 1.56. The number of allylic oxidation sites excluding steroid dienone is 2. The lowest BCUT2D eigenvalue weighted by Gasteiger charge is -2.33. The van der Waals surface area contributed by atoms with E-state index in [-0.39, 0.29) is 17.5 Å². The summed E-state index contributed by atoms with van der Waals surface area (Å²) < 4.78 is 15.2. The molecule has 0 unspecified atom stereocenters. The van der Waals surface area contributed by atoms with E-state index in [1.54, 1.807) is 16.8 Å². The second-order valence-electron chi connectivity index (χ2n) is 7.92. The van der Waals surface area contributed by atoms with E-state index in [1.165, 1.54) is 18.3 Å². The van der Waals surface area contributed by atoms with Crippen LogP contribution in [0.3, 0.4) is 0 Å². The summed E-state index contributed by atoms with van der Waals surface area (Å²) in [4.78, 5) is 25.8. The minimum atomic E-state index is -0.499. The van der Waals surface area contributed by atoms with Gasteiger partial charge >= 0.3 is 0 Å². The Kier molecular flexibility index (Phi) is 4.66. The van der Waals surface area contributed by atoms with Gasteiger partial charge in [0, 0.05) is 23.4 Å². The van der Waals surface area contributed by atoms with Gasteiger partial charge in [-0.15, -0.1) is 0 Å². The average Bonchev–Trinajstić information content (AvgIpc) is 3.18. The number of carbonyl (C=O) groups is 2. The van der Waals surface area contributed by atoms with Gasteiger partial charge in [0.05, 0.1) is 6.20 Å². The molecule has 0 fully saturated rings. The molecule has 1 aromatic heterocycles. The number of nitrogens with one attached hydrogen (secondary N) is 2. The maximum atomic E-state index is 13.5.